The maximum absolute atomic E-state index is 11.8. The molecule has 0 saturated heterocycles. The zero-order valence-electron chi connectivity index (χ0n) is 11.7. The summed E-state index contributed by atoms with van der Waals surface area (Å²) in [6.45, 7) is 2.65. The lowest BCUT2D eigenvalue weighted by Crippen LogP contribution is -2.43. The van der Waals surface area contributed by atoms with E-state index in [1.807, 2.05) is 6.07 Å². The van der Waals surface area contributed by atoms with Gasteiger partial charge in [0.15, 0.2) is 0 Å². The molecule has 0 bridgehead atoms. The van der Waals surface area contributed by atoms with Crippen LogP contribution in [0.5, 0.6) is 0 Å². The molecule has 0 saturated carbocycles. The summed E-state index contributed by atoms with van der Waals surface area (Å²) >= 11 is 7.25. The van der Waals surface area contributed by atoms with Crippen LogP contribution >= 0.6 is 22.9 Å². The van der Waals surface area contributed by atoms with Gasteiger partial charge in [-0.2, -0.15) is 0 Å². The minimum Gasteiger partial charge on any atom is -0.396 e. The Balaban J connectivity index is 2.34. The number of rotatable bonds is 8. The minimum atomic E-state index is -0.601. The van der Waals surface area contributed by atoms with Crippen molar-refractivity contribution in [2.75, 3.05) is 33.4 Å². The summed E-state index contributed by atoms with van der Waals surface area (Å²) < 4.78 is 0.702. The number of carbonyl (C=O) groups excluding carboxylic acids is 1. The van der Waals surface area contributed by atoms with Crippen LogP contribution < -0.4 is 5.32 Å². The monoisotopic (exact) mass is 320 g/mol. The number of hydrogen-bond donors (Lipinski definition) is 3. The van der Waals surface area contributed by atoms with Gasteiger partial charge in [0.25, 0.3) is 0 Å². The maximum atomic E-state index is 11.8. The van der Waals surface area contributed by atoms with Crippen LogP contribution in [0.4, 0.5) is 0 Å². The van der Waals surface area contributed by atoms with Crippen LogP contribution in [-0.4, -0.2) is 54.4 Å². The van der Waals surface area contributed by atoms with Crippen molar-refractivity contribution in [3.8, 4) is 0 Å². The molecule has 0 radical (unpaired) electrons. The van der Waals surface area contributed by atoms with E-state index in [1.165, 1.54) is 11.3 Å². The van der Waals surface area contributed by atoms with E-state index in [4.69, 9.17) is 11.6 Å². The molecule has 1 amide bonds. The minimum absolute atomic E-state index is 0.102. The van der Waals surface area contributed by atoms with Crippen molar-refractivity contribution in [3.05, 3.63) is 21.3 Å². The van der Waals surface area contributed by atoms with Crippen molar-refractivity contribution in [1.29, 1.82) is 0 Å². The van der Waals surface area contributed by atoms with Crippen molar-refractivity contribution in [1.82, 2.24) is 10.2 Å². The smallest absolute Gasteiger partial charge is 0.234 e. The van der Waals surface area contributed by atoms with Gasteiger partial charge in [-0.15, -0.1) is 11.3 Å². The molecule has 5 nitrogen and oxygen atoms in total. The zero-order valence-corrected chi connectivity index (χ0v) is 13.3. The first-order valence-electron chi connectivity index (χ1n) is 6.30. The lowest BCUT2D eigenvalue weighted by atomic mass is 9.92. The van der Waals surface area contributed by atoms with Gasteiger partial charge in [0.2, 0.25) is 5.91 Å². The quantitative estimate of drug-likeness (QED) is 0.666. The third-order valence-electron chi connectivity index (χ3n) is 2.92. The third-order valence-corrected chi connectivity index (χ3v) is 4.15. The molecule has 114 valence electrons. The number of nitrogens with zero attached hydrogens (tertiary/aromatic N) is 1. The van der Waals surface area contributed by atoms with E-state index in [2.05, 4.69) is 5.32 Å². The highest BCUT2D eigenvalue weighted by molar-refractivity contribution is 7.16. The van der Waals surface area contributed by atoms with Crippen molar-refractivity contribution < 1.29 is 15.0 Å². The van der Waals surface area contributed by atoms with Crippen LogP contribution in [0.3, 0.4) is 0 Å². The number of likely N-dealkylation sites (N-methyl/N-ethyl adjacent to an activating group) is 1. The Bertz CT molecular complexity index is 435. The van der Waals surface area contributed by atoms with Crippen LogP contribution in [0, 0.1) is 5.41 Å². The Hall–Kier alpha value is -0.660. The lowest BCUT2D eigenvalue weighted by molar-refractivity contribution is -0.122. The first-order chi connectivity index (χ1) is 9.38. The molecule has 7 heteroatoms. The molecular weight excluding hydrogens is 300 g/mol. The van der Waals surface area contributed by atoms with Crippen LogP contribution in [-0.2, 0) is 11.3 Å². The molecule has 0 atom stereocenters. The van der Waals surface area contributed by atoms with E-state index in [0.717, 1.165) is 4.88 Å². The lowest BCUT2D eigenvalue weighted by Gasteiger charge is -2.29. The van der Waals surface area contributed by atoms with Crippen LogP contribution in [0.15, 0.2) is 12.1 Å². The van der Waals surface area contributed by atoms with Gasteiger partial charge in [0, 0.05) is 16.8 Å². The highest BCUT2D eigenvalue weighted by atomic mass is 35.5. The molecule has 0 aliphatic carbocycles. The van der Waals surface area contributed by atoms with Gasteiger partial charge in [-0.05, 0) is 19.2 Å². The second kappa shape index (κ2) is 7.95. The van der Waals surface area contributed by atoms with Crippen molar-refractivity contribution >= 4 is 28.8 Å². The zero-order chi connectivity index (χ0) is 15.2. The average Bonchev–Trinajstić information content (AvgIpc) is 2.82. The standard InChI is InChI=1S/C13H21ClN2O3S/c1-13(8-17,9-18)7-16(2)6-12(19)15-5-10-3-4-11(14)20-10/h3-4,17-18H,5-9H2,1-2H3,(H,15,19). The molecule has 1 heterocycles. The fourth-order valence-corrected chi connectivity index (χ4v) is 2.82. The van der Waals surface area contributed by atoms with Crippen LogP contribution in [0.2, 0.25) is 4.34 Å². The molecule has 0 aliphatic heterocycles. The number of aliphatic hydroxyl groups excluding tert-OH is 2. The van der Waals surface area contributed by atoms with Gasteiger partial charge in [0.05, 0.1) is 30.6 Å². The van der Waals surface area contributed by atoms with E-state index >= 15 is 0 Å². The molecule has 0 fully saturated rings. The molecule has 1 aromatic heterocycles. The summed E-state index contributed by atoms with van der Waals surface area (Å²) in [6.07, 6.45) is 0. The van der Waals surface area contributed by atoms with Gasteiger partial charge in [-0.25, -0.2) is 0 Å². The molecule has 0 spiro atoms. The molecule has 0 aliphatic rings. The van der Waals surface area contributed by atoms with Gasteiger partial charge < -0.3 is 15.5 Å². The van der Waals surface area contributed by atoms with E-state index in [-0.39, 0.29) is 25.7 Å². The van der Waals surface area contributed by atoms with Crippen molar-refractivity contribution in [2.45, 2.75) is 13.5 Å². The highest BCUT2D eigenvalue weighted by Crippen LogP contribution is 2.21. The van der Waals surface area contributed by atoms with Gasteiger partial charge in [-0.1, -0.05) is 18.5 Å². The number of nitrogens with one attached hydrogen (secondary N) is 1. The normalized spacial score (nSPS) is 11.9. The summed E-state index contributed by atoms with van der Waals surface area (Å²) in [5, 5.41) is 21.3. The molecule has 0 aromatic carbocycles. The Morgan fingerprint density at radius 1 is 1.45 bits per heavy atom. The number of hydrogen-bond acceptors (Lipinski definition) is 5. The van der Waals surface area contributed by atoms with E-state index in [0.29, 0.717) is 17.4 Å². The maximum Gasteiger partial charge on any atom is 0.234 e. The van der Waals surface area contributed by atoms with Crippen molar-refractivity contribution in [2.24, 2.45) is 5.41 Å². The molecule has 3 N–H and O–H groups in total. The predicted octanol–water partition coefficient (Wildman–Crippen LogP) is 0.940. The van der Waals surface area contributed by atoms with Gasteiger partial charge in [0.1, 0.15) is 0 Å². The van der Waals surface area contributed by atoms with Crippen LogP contribution in [0.25, 0.3) is 0 Å². The first-order valence-corrected chi connectivity index (χ1v) is 7.49. The molecule has 20 heavy (non-hydrogen) atoms. The highest BCUT2D eigenvalue weighted by Gasteiger charge is 2.25. The molecule has 1 rings (SSSR count). The number of halogens is 1. The van der Waals surface area contributed by atoms with E-state index < -0.39 is 5.41 Å². The summed E-state index contributed by atoms with van der Waals surface area (Å²) in [5.74, 6) is -0.102. The van der Waals surface area contributed by atoms with E-state index in [1.54, 1.807) is 24.9 Å². The Morgan fingerprint density at radius 2 is 2.10 bits per heavy atom. The van der Waals surface area contributed by atoms with Crippen LogP contribution in [0.1, 0.15) is 11.8 Å². The third kappa shape index (κ3) is 5.76. The second-order valence-electron chi connectivity index (χ2n) is 5.28. The summed E-state index contributed by atoms with van der Waals surface area (Å²) in [5.41, 5.74) is -0.601. The average molecular weight is 321 g/mol. The SMILES string of the molecule is CN(CC(=O)NCc1ccc(Cl)s1)CC(C)(CO)CO. The summed E-state index contributed by atoms with van der Waals surface area (Å²) in [4.78, 5) is 14.6. The van der Waals surface area contributed by atoms with E-state index in [9.17, 15) is 15.0 Å². The number of aliphatic hydroxyl groups is 2. The second-order valence-corrected chi connectivity index (χ2v) is 7.08. The Morgan fingerprint density at radius 3 is 2.60 bits per heavy atom. The Labute approximate surface area is 128 Å². The Kier molecular flexibility index (Phi) is 6.91. The fourth-order valence-electron chi connectivity index (χ4n) is 1.79. The predicted molar refractivity (Wildman–Crippen MR) is 81.0 cm³/mol. The number of thiophene rings is 1. The summed E-state index contributed by atoms with van der Waals surface area (Å²) in [6, 6.07) is 3.68. The molecule has 0 unspecified atom stereocenters. The topological polar surface area (TPSA) is 72.8 Å². The number of amides is 1. The largest absolute Gasteiger partial charge is 0.396 e. The summed E-state index contributed by atoms with van der Waals surface area (Å²) in [7, 11) is 1.78. The van der Waals surface area contributed by atoms with Crippen molar-refractivity contribution in [3.63, 3.8) is 0 Å². The number of carbonyl (C=O) groups is 1. The van der Waals surface area contributed by atoms with Gasteiger partial charge >= 0.3 is 0 Å². The fraction of sp³-hybridized carbons (Fsp3) is 0.615. The molecule has 1 aromatic rings. The molecular formula is C13H21ClN2O3S. The first kappa shape index (κ1) is 17.4. The van der Waals surface area contributed by atoms with Gasteiger partial charge in [-0.3, -0.25) is 9.69 Å².